The average Bonchev–Trinajstić information content (AvgIpc) is 2.73. The second-order valence-electron chi connectivity index (χ2n) is 8.81. The van der Waals surface area contributed by atoms with Crippen molar-refractivity contribution >= 4 is 28.9 Å². The van der Waals surface area contributed by atoms with Crippen molar-refractivity contribution < 1.29 is 14.5 Å². The fourth-order valence-electron chi connectivity index (χ4n) is 4.40. The predicted octanol–water partition coefficient (Wildman–Crippen LogP) is 4.06. The van der Waals surface area contributed by atoms with Gasteiger partial charge in [-0.1, -0.05) is 32.0 Å². The molecule has 3 rings (SSSR count). The van der Waals surface area contributed by atoms with Crippen molar-refractivity contribution in [3.05, 3.63) is 63.2 Å². The number of nitro benzene ring substituents is 1. The number of amides is 2. The van der Waals surface area contributed by atoms with Crippen molar-refractivity contribution in [2.24, 2.45) is 11.8 Å². The molecule has 1 heterocycles. The molecule has 0 saturated carbocycles. The molecule has 8 nitrogen and oxygen atoms in total. The summed E-state index contributed by atoms with van der Waals surface area (Å²) in [7, 11) is 0. The third-order valence-corrected chi connectivity index (χ3v) is 5.80. The van der Waals surface area contributed by atoms with E-state index in [0.29, 0.717) is 17.5 Å². The number of aryl methyl sites for hydroxylation is 2. The number of para-hydroxylation sites is 1. The Hall–Kier alpha value is -3.42. The fourth-order valence-corrected chi connectivity index (χ4v) is 4.40. The summed E-state index contributed by atoms with van der Waals surface area (Å²) in [6, 6.07) is 10.2. The van der Waals surface area contributed by atoms with Gasteiger partial charge in [0, 0.05) is 30.4 Å². The van der Waals surface area contributed by atoms with Crippen LogP contribution in [0.1, 0.15) is 41.8 Å². The molecule has 1 saturated heterocycles. The van der Waals surface area contributed by atoms with Gasteiger partial charge in [-0.25, -0.2) is 0 Å². The lowest BCUT2D eigenvalue weighted by atomic mass is 9.91. The van der Waals surface area contributed by atoms with E-state index in [1.54, 1.807) is 12.1 Å². The van der Waals surface area contributed by atoms with E-state index in [0.717, 1.165) is 36.3 Å². The lowest BCUT2D eigenvalue weighted by Crippen LogP contribution is -2.39. The Labute approximate surface area is 188 Å². The van der Waals surface area contributed by atoms with Gasteiger partial charge in [0.15, 0.2) is 0 Å². The summed E-state index contributed by atoms with van der Waals surface area (Å²) in [5, 5.41) is 17.1. The zero-order valence-corrected chi connectivity index (χ0v) is 19.0. The highest BCUT2D eigenvalue weighted by atomic mass is 16.6. The molecule has 0 aromatic heterocycles. The van der Waals surface area contributed by atoms with Crippen LogP contribution in [0, 0.1) is 35.8 Å². The topological polar surface area (TPSA) is 105 Å². The Bertz CT molecular complexity index is 1010. The van der Waals surface area contributed by atoms with Crippen LogP contribution in [0.5, 0.6) is 0 Å². The normalized spacial score (nSPS) is 18.2. The van der Waals surface area contributed by atoms with E-state index in [-0.39, 0.29) is 23.7 Å². The van der Waals surface area contributed by atoms with Crippen molar-refractivity contribution in [2.75, 3.05) is 29.9 Å². The predicted molar refractivity (Wildman–Crippen MR) is 125 cm³/mol. The van der Waals surface area contributed by atoms with Crippen LogP contribution >= 0.6 is 0 Å². The van der Waals surface area contributed by atoms with Gasteiger partial charge in [0.25, 0.3) is 11.6 Å². The van der Waals surface area contributed by atoms with Crippen molar-refractivity contribution in [1.82, 2.24) is 5.32 Å². The lowest BCUT2D eigenvalue weighted by molar-refractivity contribution is -0.384. The minimum atomic E-state index is -0.531. The summed E-state index contributed by atoms with van der Waals surface area (Å²) in [6.07, 6.45) is 1.09. The first-order valence-corrected chi connectivity index (χ1v) is 10.8. The maximum Gasteiger partial charge on any atom is 0.293 e. The number of hydrogen-bond acceptors (Lipinski definition) is 5. The van der Waals surface area contributed by atoms with Crippen LogP contribution in [0.25, 0.3) is 0 Å². The third kappa shape index (κ3) is 5.43. The van der Waals surface area contributed by atoms with E-state index >= 15 is 0 Å². The second-order valence-corrected chi connectivity index (χ2v) is 8.81. The number of carbonyl (C=O) groups is 2. The lowest BCUT2D eigenvalue weighted by Gasteiger charge is -2.36. The molecule has 0 spiro atoms. The van der Waals surface area contributed by atoms with Crippen molar-refractivity contribution in [1.29, 1.82) is 0 Å². The van der Waals surface area contributed by atoms with Crippen LogP contribution in [0.2, 0.25) is 0 Å². The average molecular weight is 439 g/mol. The van der Waals surface area contributed by atoms with Crippen LogP contribution in [0.15, 0.2) is 36.4 Å². The standard InChI is InChI=1S/C24H30N4O4/c1-15-10-16(2)14-27(13-15)20-9-8-19(11-21(20)28(31)32)24(30)25-12-22(29)26-23-17(3)6-5-7-18(23)4/h5-9,11,15-16H,10,12-14H2,1-4H3,(H,25,30)(H,26,29). The summed E-state index contributed by atoms with van der Waals surface area (Å²) in [5.41, 5.74) is 3.15. The number of carbonyl (C=O) groups excluding carboxylic acids is 2. The summed E-state index contributed by atoms with van der Waals surface area (Å²) < 4.78 is 0. The molecule has 1 aliphatic heterocycles. The number of benzene rings is 2. The molecule has 8 heteroatoms. The second kappa shape index (κ2) is 9.80. The zero-order chi connectivity index (χ0) is 23.4. The number of nitro groups is 1. The van der Waals surface area contributed by atoms with Gasteiger partial charge in [-0.05, 0) is 55.4 Å². The number of anilines is 2. The van der Waals surface area contributed by atoms with Gasteiger partial charge in [0.2, 0.25) is 5.91 Å². The van der Waals surface area contributed by atoms with Crippen molar-refractivity contribution in [3.63, 3.8) is 0 Å². The number of nitrogens with zero attached hydrogens (tertiary/aromatic N) is 2. The van der Waals surface area contributed by atoms with Gasteiger partial charge in [-0.2, -0.15) is 0 Å². The first-order valence-electron chi connectivity index (χ1n) is 10.8. The minimum Gasteiger partial charge on any atom is -0.365 e. The Morgan fingerprint density at radius 3 is 2.31 bits per heavy atom. The molecule has 2 aromatic rings. The number of rotatable bonds is 6. The molecule has 2 unspecified atom stereocenters. The highest BCUT2D eigenvalue weighted by Gasteiger charge is 2.28. The van der Waals surface area contributed by atoms with Gasteiger partial charge in [0.05, 0.1) is 11.5 Å². The number of piperidine rings is 1. The van der Waals surface area contributed by atoms with E-state index in [1.165, 1.54) is 6.07 Å². The maximum absolute atomic E-state index is 12.6. The third-order valence-electron chi connectivity index (χ3n) is 5.80. The molecule has 0 radical (unpaired) electrons. The molecular weight excluding hydrogens is 408 g/mol. The van der Waals surface area contributed by atoms with E-state index in [2.05, 4.69) is 24.5 Å². The van der Waals surface area contributed by atoms with Gasteiger partial charge in [0.1, 0.15) is 5.69 Å². The Kier molecular flexibility index (Phi) is 7.12. The van der Waals surface area contributed by atoms with Crippen LogP contribution < -0.4 is 15.5 Å². The summed E-state index contributed by atoms with van der Waals surface area (Å²) in [4.78, 5) is 38.2. The van der Waals surface area contributed by atoms with E-state index in [4.69, 9.17) is 0 Å². The molecule has 2 N–H and O–H groups in total. The SMILES string of the molecule is Cc1cccc(C)c1NC(=O)CNC(=O)c1ccc(N2CC(C)CC(C)C2)c([N+](=O)[O-])c1. The van der Waals surface area contributed by atoms with Crippen LogP contribution in [-0.2, 0) is 4.79 Å². The van der Waals surface area contributed by atoms with Crippen LogP contribution in [0.4, 0.5) is 17.1 Å². The van der Waals surface area contributed by atoms with Gasteiger partial charge < -0.3 is 15.5 Å². The first-order chi connectivity index (χ1) is 15.2. The smallest absolute Gasteiger partial charge is 0.293 e. The Balaban J connectivity index is 1.69. The van der Waals surface area contributed by atoms with E-state index in [9.17, 15) is 19.7 Å². The summed E-state index contributed by atoms with van der Waals surface area (Å²) >= 11 is 0. The highest BCUT2D eigenvalue weighted by Crippen LogP contribution is 2.33. The van der Waals surface area contributed by atoms with Crippen LogP contribution in [0.3, 0.4) is 0 Å². The molecule has 1 fully saturated rings. The largest absolute Gasteiger partial charge is 0.365 e. The zero-order valence-electron chi connectivity index (χ0n) is 19.0. The quantitative estimate of drug-likeness (QED) is 0.523. The van der Waals surface area contributed by atoms with Crippen molar-refractivity contribution in [3.8, 4) is 0 Å². The molecule has 2 amide bonds. The molecule has 32 heavy (non-hydrogen) atoms. The van der Waals surface area contributed by atoms with Gasteiger partial charge >= 0.3 is 0 Å². The number of hydrogen-bond donors (Lipinski definition) is 2. The number of nitrogens with one attached hydrogen (secondary N) is 2. The van der Waals surface area contributed by atoms with E-state index < -0.39 is 10.8 Å². The van der Waals surface area contributed by atoms with Gasteiger partial charge in [-0.15, -0.1) is 0 Å². The molecule has 2 atom stereocenters. The molecule has 170 valence electrons. The molecule has 2 aromatic carbocycles. The van der Waals surface area contributed by atoms with Crippen molar-refractivity contribution in [2.45, 2.75) is 34.1 Å². The van der Waals surface area contributed by atoms with Crippen LogP contribution in [-0.4, -0.2) is 36.4 Å². The molecule has 1 aliphatic rings. The first kappa shape index (κ1) is 23.2. The summed E-state index contributed by atoms with van der Waals surface area (Å²) in [5.74, 6) is -0.0108. The monoisotopic (exact) mass is 438 g/mol. The van der Waals surface area contributed by atoms with Gasteiger partial charge in [-0.3, -0.25) is 19.7 Å². The highest BCUT2D eigenvalue weighted by molar-refractivity contribution is 6.00. The Morgan fingerprint density at radius 1 is 1.09 bits per heavy atom. The molecule has 0 bridgehead atoms. The minimum absolute atomic E-state index is 0.0982. The maximum atomic E-state index is 12.6. The Morgan fingerprint density at radius 2 is 1.72 bits per heavy atom. The molecule has 0 aliphatic carbocycles. The summed E-state index contributed by atoms with van der Waals surface area (Å²) in [6.45, 7) is 9.32. The fraction of sp³-hybridized carbons (Fsp3) is 0.417. The molecular formula is C24H30N4O4. The van der Waals surface area contributed by atoms with E-state index in [1.807, 2.05) is 36.9 Å².